The van der Waals surface area contributed by atoms with E-state index in [1.54, 1.807) is 24.3 Å². The molecular weight excluding hydrogens is 443 g/mol. The van der Waals surface area contributed by atoms with E-state index in [1.807, 2.05) is 6.07 Å². The van der Waals surface area contributed by atoms with Crippen LogP contribution in [0, 0.1) is 0 Å². The average molecular weight is 459 g/mol. The Kier molecular flexibility index (Phi) is 5.73. The number of carbonyl (C=O) groups excluding carboxylic acids is 2. The van der Waals surface area contributed by atoms with E-state index >= 15 is 0 Å². The second-order valence-corrected chi connectivity index (χ2v) is 7.04. The highest BCUT2D eigenvalue weighted by Crippen LogP contribution is 2.31. The Morgan fingerprint density at radius 2 is 1.79 bits per heavy atom. The van der Waals surface area contributed by atoms with Gasteiger partial charge in [-0.25, -0.2) is 0 Å². The minimum Gasteiger partial charge on any atom is -0.406 e. The van der Waals surface area contributed by atoms with Crippen molar-refractivity contribution in [1.29, 1.82) is 0 Å². The lowest BCUT2D eigenvalue weighted by Gasteiger charge is -2.23. The highest BCUT2D eigenvalue weighted by Gasteiger charge is 2.35. The molecule has 4 rings (SSSR count). The highest BCUT2D eigenvalue weighted by atomic mass is 19.4. The van der Waals surface area contributed by atoms with Crippen LogP contribution in [0.25, 0.3) is 0 Å². The van der Waals surface area contributed by atoms with E-state index in [-0.39, 0.29) is 29.4 Å². The molecular formula is C21H16F3N5O4. The number of rotatable bonds is 5. The molecule has 0 spiro atoms. The molecule has 0 saturated carbocycles. The zero-order valence-corrected chi connectivity index (χ0v) is 16.7. The number of amides is 2. The van der Waals surface area contributed by atoms with Crippen molar-refractivity contribution in [3.8, 4) is 5.75 Å². The maximum absolute atomic E-state index is 12.9. The van der Waals surface area contributed by atoms with Crippen LogP contribution in [-0.2, 0) is 9.59 Å². The van der Waals surface area contributed by atoms with E-state index in [4.69, 9.17) is 0 Å². The predicted octanol–water partition coefficient (Wildman–Crippen LogP) is 3.48. The number of fused-ring (bicyclic) bond motifs is 1. The van der Waals surface area contributed by atoms with Crippen LogP contribution >= 0.6 is 0 Å². The van der Waals surface area contributed by atoms with Gasteiger partial charge in [-0.3, -0.25) is 19.4 Å². The smallest absolute Gasteiger partial charge is 0.406 e. The summed E-state index contributed by atoms with van der Waals surface area (Å²) in [5.41, 5.74) is -0.0693. The first-order chi connectivity index (χ1) is 15.7. The summed E-state index contributed by atoms with van der Waals surface area (Å²) < 4.78 is 41.2. The molecule has 0 fully saturated rings. The normalized spacial score (nSPS) is 15.2. The fraction of sp³-hybridized carbons (Fsp3) is 0.143. The van der Waals surface area contributed by atoms with Gasteiger partial charge in [-0.1, -0.05) is 24.3 Å². The van der Waals surface area contributed by atoms with E-state index in [0.29, 0.717) is 5.69 Å². The molecule has 2 amide bonds. The fourth-order valence-electron chi connectivity index (χ4n) is 3.31. The lowest BCUT2D eigenvalue weighted by atomic mass is 9.92. The van der Waals surface area contributed by atoms with E-state index in [2.05, 4.69) is 30.7 Å². The molecule has 3 aromatic rings. The lowest BCUT2D eigenvalue weighted by molar-refractivity contribution is -0.274. The Morgan fingerprint density at radius 3 is 2.52 bits per heavy atom. The SMILES string of the molecule is O=C1CC(C(=O)Nc2cccc(OC(F)(F)F)c2)c2c(nc(Nc3ccccc3)[nH]c2=O)N1. The number of hydrogen-bond acceptors (Lipinski definition) is 6. The number of ether oxygens (including phenoxy) is 1. The molecule has 33 heavy (non-hydrogen) atoms. The van der Waals surface area contributed by atoms with Crippen molar-refractivity contribution in [3.63, 3.8) is 0 Å². The van der Waals surface area contributed by atoms with Crippen molar-refractivity contribution in [2.45, 2.75) is 18.7 Å². The van der Waals surface area contributed by atoms with Crippen LogP contribution in [0.1, 0.15) is 17.9 Å². The van der Waals surface area contributed by atoms with Crippen LogP contribution < -0.4 is 26.2 Å². The Bertz CT molecular complexity index is 1260. The van der Waals surface area contributed by atoms with Crippen molar-refractivity contribution in [2.75, 3.05) is 16.0 Å². The Labute approximate surface area is 184 Å². The van der Waals surface area contributed by atoms with Gasteiger partial charge in [0.1, 0.15) is 11.6 Å². The topological polar surface area (TPSA) is 125 Å². The summed E-state index contributed by atoms with van der Waals surface area (Å²) >= 11 is 0. The third kappa shape index (κ3) is 5.29. The fourth-order valence-corrected chi connectivity index (χ4v) is 3.31. The maximum Gasteiger partial charge on any atom is 0.573 e. The molecule has 9 nitrogen and oxygen atoms in total. The number of carbonyl (C=O) groups is 2. The molecule has 2 aromatic carbocycles. The Hall–Kier alpha value is -4.35. The molecule has 1 atom stereocenters. The summed E-state index contributed by atoms with van der Waals surface area (Å²) in [6.45, 7) is 0. The van der Waals surface area contributed by atoms with Gasteiger partial charge in [0, 0.05) is 23.9 Å². The molecule has 1 aliphatic heterocycles. The molecule has 170 valence electrons. The molecule has 0 aliphatic carbocycles. The van der Waals surface area contributed by atoms with Gasteiger partial charge >= 0.3 is 6.36 Å². The number of para-hydroxylation sites is 1. The van der Waals surface area contributed by atoms with Crippen molar-refractivity contribution in [3.05, 3.63) is 70.5 Å². The summed E-state index contributed by atoms with van der Waals surface area (Å²) in [6, 6.07) is 13.5. The van der Waals surface area contributed by atoms with Crippen LogP contribution in [0.4, 0.5) is 36.3 Å². The number of anilines is 4. The third-order valence-electron chi connectivity index (χ3n) is 4.64. The maximum atomic E-state index is 12.9. The highest BCUT2D eigenvalue weighted by molar-refractivity contribution is 6.04. The first-order valence-electron chi connectivity index (χ1n) is 9.61. The summed E-state index contributed by atoms with van der Waals surface area (Å²) in [6.07, 6.45) is -5.23. The number of aromatic amines is 1. The van der Waals surface area contributed by atoms with Gasteiger partial charge in [0.2, 0.25) is 17.8 Å². The van der Waals surface area contributed by atoms with Crippen LogP contribution in [0.3, 0.4) is 0 Å². The van der Waals surface area contributed by atoms with Crippen LogP contribution in [0.5, 0.6) is 5.75 Å². The van der Waals surface area contributed by atoms with Gasteiger partial charge in [-0.05, 0) is 24.3 Å². The molecule has 1 aromatic heterocycles. The largest absolute Gasteiger partial charge is 0.573 e. The average Bonchev–Trinajstić information content (AvgIpc) is 2.72. The molecule has 1 unspecified atom stereocenters. The van der Waals surface area contributed by atoms with E-state index < -0.39 is 35.4 Å². The summed E-state index contributed by atoms with van der Waals surface area (Å²) in [5.74, 6) is -3.06. The third-order valence-corrected chi connectivity index (χ3v) is 4.64. The Balaban J connectivity index is 1.59. The first-order valence-corrected chi connectivity index (χ1v) is 9.61. The van der Waals surface area contributed by atoms with Gasteiger partial charge in [0.25, 0.3) is 5.56 Å². The van der Waals surface area contributed by atoms with Gasteiger partial charge in [-0.2, -0.15) is 4.98 Å². The number of benzene rings is 2. The Morgan fingerprint density at radius 1 is 1.06 bits per heavy atom. The predicted molar refractivity (Wildman–Crippen MR) is 112 cm³/mol. The van der Waals surface area contributed by atoms with Crippen LogP contribution in [-0.4, -0.2) is 28.1 Å². The number of aromatic nitrogens is 2. The zero-order valence-electron chi connectivity index (χ0n) is 16.7. The van der Waals surface area contributed by atoms with E-state index in [0.717, 1.165) is 12.1 Å². The van der Waals surface area contributed by atoms with Crippen LogP contribution in [0.15, 0.2) is 59.4 Å². The number of hydrogen-bond donors (Lipinski definition) is 4. The first kappa shape index (κ1) is 21.9. The summed E-state index contributed by atoms with van der Waals surface area (Å²) in [7, 11) is 0. The summed E-state index contributed by atoms with van der Waals surface area (Å²) in [5, 5.41) is 7.79. The number of H-pyrrole nitrogens is 1. The molecule has 0 saturated heterocycles. The van der Waals surface area contributed by atoms with Crippen LogP contribution in [0.2, 0.25) is 0 Å². The van der Waals surface area contributed by atoms with Gasteiger partial charge in [0.15, 0.2) is 0 Å². The van der Waals surface area contributed by atoms with Gasteiger partial charge < -0.3 is 20.7 Å². The van der Waals surface area contributed by atoms with Crippen molar-refractivity contribution in [1.82, 2.24) is 9.97 Å². The lowest BCUT2D eigenvalue weighted by Crippen LogP contribution is -2.36. The molecule has 2 heterocycles. The molecule has 1 aliphatic rings. The summed E-state index contributed by atoms with van der Waals surface area (Å²) in [4.78, 5) is 44.5. The van der Waals surface area contributed by atoms with Crippen molar-refractivity contribution in [2.24, 2.45) is 0 Å². The number of nitrogens with zero attached hydrogens (tertiary/aromatic N) is 1. The standard InChI is InChI=1S/C21H16F3N5O4/c22-21(23,24)33-13-8-4-7-12(9-13)25-18(31)14-10-15(30)27-17-16(14)19(32)29-20(28-17)26-11-5-2-1-3-6-11/h1-9,14H,10H2,(H,25,31)(H3,26,27,28,29,30,32). The number of nitrogens with one attached hydrogen (secondary N) is 4. The zero-order chi connectivity index (χ0) is 23.6. The molecule has 12 heteroatoms. The molecule has 0 bridgehead atoms. The van der Waals surface area contributed by atoms with Crippen molar-refractivity contribution < 1.29 is 27.5 Å². The minimum atomic E-state index is -4.90. The van der Waals surface area contributed by atoms with E-state index in [1.165, 1.54) is 12.1 Å². The monoisotopic (exact) mass is 459 g/mol. The molecule has 0 radical (unpaired) electrons. The number of halogens is 3. The quantitative estimate of drug-likeness (QED) is 0.463. The van der Waals surface area contributed by atoms with Gasteiger partial charge in [0.05, 0.1) is 11.5 Å². The van der Waals surface area contributed by atoms with E-state index in [9.17, 15) is 27.6 Å². The number of alkyl halides is 3. The van der Waals surface area contributed by atoms with Gasteiger partial charge in [-0.15, -0.1) is 13.2 Å². The van der Waals surface area contributed by atoms with Crippen molar-refractivity contribution >= 4 is 35.0 Å². The minimum absolute atomic E-state index is 0.000957. The second-order valence-electron chi connectivity index (χ2n) is 7.04. The second kappa shape index (κ2) is 8.65. The molecule has 4 N–H and O–H groups in total.